The number of carbonyl (C=O) groups excluding carboxylic acids is 1. The Labute approximate surface area is 194 Å². The minimum absolute atomic E-state index is 0.0908. The molecule has 2 aromatic heterocycles. The second-order valence-electron chi connectivity index (χ2n) is 8.43. The van der Waals surface area contributed by atoms with E-state index >= 15 is 0 Å². The van der Waals surface area contributed by atoms with Gasteiger partial charge < -0.3 is 14.4 Å². The van der Waals surface area contributed by atoms with Gasteiger partial charge in [-0.25, -0.2) is 9.97 Å². The van der Waals surface area contributed by atoms with Crippen molar-refractivity contribution < 1.29 is 9.53 Å². The lowest BCUT2D eigenvalue weighted by Crippen LogP contribution is -2.35. The molecule has 164 valence electrons. The molecule has 3 aromatic rings. The van der Waals surface area contributed by atoms with Crippen molar-refractivity contribution in [1.29, 1.82) is 0 Å². The molecule has 9 heteroatoms. The molecular formula is C23H23N5O2S2. The van der Waals surface area contributed by atoms with Crippen LogP contribution in [0.5, 0.6) is 5.88 Å². The number of fused-ring (bicyclic) bond motifs is 1. The second-order valence-corrected chi connectivity index (χ2v) is 10.4. The van der Waals surface area contributed by atoms with Gasteiger partial charge in [-0.2, -0.15) is 0 Å². The molecule has 1 amide bonds. The Morgan fingerprint density at radius 1 is 1.28 bits per heavy atom. The van der Waals surface area contributed by atoms with Crippen molar-refractivity contribution in [2.24, 2.45) is 0 Å². The summed E-state index contributed by atoms with van der Waals surface area (Å²) in [4.78, 5) is 28.9. The number of ether oxygens (including phenoxy) is 1. The maximum absolute atomic E-state index is 13.3. The predicted octanol–water partition coefficient (Wildman–Crippen LogP) is 4.87. The second kappa shape index (κ2) is 7.74. The van der Waals surface area contributed by atoms with Crippen LogP contribution in [0.3, 0.4) is 0 Å². The van der Waals surface area contributed by atoms with Crippen molar-refractivity contribution in [3.8, 4) is 17.1 Å². The van der Waals surface area contributed by atoms with Crippen LogP contribution in [0.15, 0.2) is 36.0 Å². The SMILES string of the molecule is CCOc1cncc(-c2ccc3c(c2)CN(C2(c4csc(NSC5CC5)n4)CC2)C3=O)n1. The lowest BCUT2D eigenvalue weighted by Gasteiger charge is -2.26. The highest BCUT2D eigenvalue weighted by molar-refractivity contribution is 8.01. The Morgan fingerprint density at radius 3 is 2.94 bits per heavy atom. The molecule has 0 bridgehead atoms. The van der Waals surface area contributed by atoms with Crippen LogP contribution < -0.4 is 9.46 Å². The number of hydrogen-bond acceptors (Lipinski definition) is 8. The molecule has 1 aliphatic heterocycles. The van der Waals surface area contributed by atoms with Gasteiger partial charge in [0.15, 0.2) is 5.13 Å². The standard InChI is InChI=1S/C23H23N5O2S2/c1-2-30-20-11-24-10-18(25-20)14-3-6-17-15(9-14)12-28(21(17)29)23(7-8-23)19-13-31-22(26-19)27-32-16-4-5-16/h3,6,9-11,13,16H,2,4-5,7-8,12H2,1H3,(H,26,27). The average Bonchev–Trinajstić information content (AvgIpc) is 3.73. The fourth-order valence-corrected chi connectivity index (χ4v) is 5.84. The van der Waals surface area contributed by atoms with Crippen molar-refractivity contribution in [3.63, 3.8) is 0 Å². The van der Waals surface area contributed by atoms with Gasteiger partial charge in [-0.1, -0.05) is 6.07 Å². The third-order valence-electron chi connectivity index (χ3n) is 6.17. The zero-order chi connectivity index (χ0) is 21.7. The summed E-state index contributed by atoms with van der Waals surface area (Å²) in [5.41, 5.74) is 4.22. The molecule has 0 saturated heterocycles. The molecule has 0 unspecified atom stereocenters. The fourth-order valence-electron chi connectivity index (χ4n) is 4.17. The highest BCUT2D eigenvalue weighted by Crippen LogP contribution is 2.54. The maximum atomic E-state index is 13.3. The van der Waals surface area contributed by atoms with Crippen molar-refractivity contribution in [2.45, 2.75) is 49.9 Å². The predicted molar refractivity (Wildman–Crippen MR) is 126 cm³/mol. The van der Waals surface area contributed by atoms with Gasteiger partial charge in [0.2, 0.25) is 5.88 Å². The summed E-state index contributed by atoms with van der Waals surface area (Å²) < 4.78 is 8.87. The fraction of sp³-hybridized carbons (Fsp3) is 0.391. The van der Waals surface area contributed by atoms with E-state index in [0.717, 1.165) is 51.3 Å². The first-order chi connectivity index (χ1) is 15.7. The Kier molecular flexibility index (Phi) is 4.83. The van der Waals surface area contributed by atoms with E-state index in [1.165, 1.54) is 12.8 Å². The smallest absolute Gasteiger partial charge is 0.255 e. The monoisotopic (exact) mass is 465 g/mol. The van der Waals surface area contributed by atoms with Gasteiger partial charge >= 0.3 is 0 Å². The number of carbonyl (C=O) groups is 1. The van der Waals surface area contributed by atoms with Crippen LogP contribution in [0.25, 0.3) is 11.3 Å². The van der Waals surface area contributed by atoms with Crippen LogP contribution in [-0.2, 0) is 12.1 Å². The third kappa shape index (κ3) is 3.53. The molecule has 3 aliphatic rings. The van der Waals surface area contributed by atoms with E-state index in [4.69, 9.17) is 9.72 Å². The molecule has 0 spiro atoms. The lowest BCUT2D eigenvalue weighted by molar-refractivity contribution is 0.0666. The number of nitrogens with one attached hydrogen (secondary N) is 1. The van der Waals surface area contributed by atoms with E-state index in [1.54, 1.807) is 35.7 Å². The van der Waals surface area contributed by atoms with Crippen molar-refractivity contribution in [2.75, 3.05) is 11.3 Å². The third-order valence-corrected chi connectivity index (χ3v) is 8.17. The molecule has 32 heavy (non-hydrogen) atoms. The summed E-state index contributed by atoms with van der Waals surface area (Å²) in [5.74, 6) is 0.598. The first kappa shape index (κ1) is 20.0. The van der Waals surface area contributed by atoms with E-state index < -0.39 is 0 Å². The summed E-state index contributed by atoms with van der Waals surface area (Å²) in [7, 11) is 0. The highest BCUT2D eigenvalue weighted by Gasteiger charge is 2.55. The molecule has 1 aromatic carbocycles. The van der Waals surface area contributed by atoms with Crippen LogP contribution in [0.1, 0.15) is 54.2 Å². The van der Waals surface area contributed by atoms with Gasteiger partial charge in [-0.05, 0) is 62.3 Å². The summed E-state index contributed by atoms with van der Waals surface area (Å²) in [5, 5.41) is 3.77. The summed E-state index contributed by atoms with van der Waals surface area (Å²) in [6.07, 6.45) is 7.82. The van der Waals surface area contributed by atoms with Crippen LogP contribution >= 0.6 is 23.3 Å². The van der Waals surface area contributed by atoms with Crippen molar-refractivity contribution in [3.05, 3.63) is 52.8 Å². The van der Waals surface area contributed by atoms with Crippen LogP contribution in [0, 0.1) is 0 Å². The number of anilines is 1. The molecule has 0 radical (unpaired) electrons. The zero-order valence-electron chi connectivity index (χ0n) is 17.7. The topological polar surface area (TPSA) is 80.2 Å². The molecule has 1 N–H and O–H groups in total. The summed E-state index contributed by atoms with van der Waals surface area (Å²) >= 11 is 3.39. The Bertz CT molecular complexity index is 1190. The summed E-state index contributed by atoms with van der Waals surface area (Å²) in [6.45, 7) is 3.06. The first-order valence-corrected chi connectivity index (χ1v) is 12.7. The minimum atomic E-state index is -0.272. The van der Waals surface area contributed by atoms with Crippen molar-refractivity contribution >= 4 is 34.3 Å². The number of rotatable bonds is 8. The van der Waals surface area contributed by atoms with Gasteiger partial charge in [0.25, 0.3) is 5.91 Å². The van der Waals surface area contributed by atoms with E-state index in [-0.39, 0.29) is 11.4 Å². The minimum Gasteiger partial charge on any atom is -0.477 e. The largest absolute Gasteiger partial charge is 0.477 e. The van der Waals surface area contributed by atoms with Gasteiger partial charge in [0, 0.05) is 28.3 Å². The van der Waals surface area contributed by atoms with E-state index in [9.17, 15) is 4.79 Å². The number of aromatic nitrogens is 3. The molecule has 7 nitrogen and oxygen atoms in total. The number of benzene rings is 1. The van der Waals surface area contributed by atoms with Gasteiger partial charge in [0.05, 0.1) is 35.9 Å². The highest BCUT2D eigenvalue weighted by atomic mass is 32.2. The Hall–Kier alpha value is -2.65. The van der Waals surface area contributed by atoms with Crippen LogP contribution in [0.2, 0.25) is 0 Å². The zero-order valence-corrected chi connectivity index (χ0v) is 19.3. The normalized spacial score (nSPS) is 18.5. The Balaban J connectivity index is 1.24. The average molecular weight is 466 g/mol. The van der Waals surface area contributed by atoms with Crippen LogP contribution in [0.4, 0.5) is 5.13 Å². The molecule has 2 saturated carbocycles. The first-order valence-electron chi connectivity index (χ1n) is 10.9. The number of nitrogens with zero attached hydrogens (tertiary/aromatic N) is 4. The molecule has 6 rings (SSSR count). The molecule has 2 aliphatic carbocycles. The molecule has 2 fully saturated rings. The molecule has 0 atom stereocenters. The van der Waals surface area contributed by atoms with Crippen molar-refractivity contribution in [1.82, 2.24) is 19.9 Å². The maximum Gasteiger partial charge on any atom is 0.255 e. The molecular weight excluding hydrogens is 442 g/mol. The van der Waals surface area contributed by atoms with Crippen LogP contribution in [-0.4, -0.2) is 37.6 Å². The number of hydrogen-bond donors (Lipinski definition) is 1. The van der Waals surface area contributed by atoms with Gasteiger partial charge in [-0.3, -0.25) is 9.78 Å². The molecule has 3 heterocycles. The lowest BCUT2D eigenvalue weighted by atomic mass is 10.0. The van der Waals surface area contributed by atoms with Gasteiger partial charge in [0.1, 0.15) is 0 Å². The quantitative estimate of drug-likeness (QED) is 0.476. The van der Waals surface area contributed by atoms with E-state index in [0.29, 0.717) is 19.0 Å². The number of amides is 1. The van der Waals surface area contributed by atoms with E-state index in [1.807, 2.05) is 24.0 Å². The van der Waals surface area contributed by atoms with E-state index in [2.05, 4.69) is 26.1 Å². The van der Waals surface area contributed by atoms with Gasteiger partial charge in [-0.15, -0.1) is 11.3 Å². The summed E-state index contributed by atoms with van der Waals surface area (Å²) in [6, 6.07) is 5.92. The number of thiazole rings is 1. The Morgan fingerprint density at radius 2 is 2.16 bits per heavy atom.